The van der Waals surface area contributed by atoms with Crippen LogP contribution < -0.4 is 4.74 Å². The Labute approximate surface area is 147 Å². The minimum Gasteiger partial charge on any atom is -0.490 e. The van der Waals surface area contributed by atoms with Gasteiger partial charge in [-0.3, -0.25) is 4.79 Å². The number of likely N-dealkylation sites (tertiary alicyclic amines) is 1. The molecule has 1 amide bonds. The van der Waals surface area contributed by atoms with Crippen LogP contribution in [0.5, 0.6) is 5.75 Å². The zero-order valence-corrected chi connectivity index (χ0v) is 14.2. The molecule has 0 aliphatic carbocycles. The maximum atomic E-state index is 11.6. The van der Waals surface area contributed by atoms with Crippen LogP contribution in [0.15, 0.2) is 61.2 Å². The molecule has 1 aliphatic heterocycles. The predicted molar refractivity (Wildman–Crippen MR) is 97.3 cm³/mol. The number of amides is 1. The molecule has 1 fully saturated rings. The topological polar surface area (TPSA) is 29.5 Å². The van der Waals surface area contributed by atoms with Crippen LogP contribution in [0.1, 0.15) is 12.8 Å². The Kier molecular flexibility index (Phi) is 5.21. The Morgan fingerprint density at radius 2 is 1.88 bits per heavy atom. The number of nitrogens with zero attached hydrogens (tertiary/aromatic N) is 1. The van der Waals surface area contributed by atoms with E-state index in [1.807, 2.05) is 53.4 Å². The number of piperidine rings is 1. The summed E-state index contributed by atoms with van der Waals surface area (Å²) in [7, 11) is 0. The molecule has 0 aromatic heterocycles. The van der Waals surface area contributed by atoms with Crippen LogP contribution in [0.3, 0.4) is 0 Å². The second-order valence-corrected chi connectivity index (χ2v) is 6.26. The Hall–Kier alpha value is -2.26. The van der Waals surface area contributed by atoms with Crippen molar-refractivity contribution in [3.05, 3.63) is 66.2 Å². The number of benzene rings is 2. The number of hydrogen-bond donors (Lipinski definition) is 0. The summed E-state index contributed by atoms with van der Waals surface area (Å²) in [6, 6.07) is 15.8. The average Bonchev–Trinajstić information content (AvgIpc) is 2.64. The molecular formula is C20H20ClNO2. The van der Waals surface area contributed by atoms with Crippen LogP contribution >= 0.6 is 11.6 Å². The molecule has 0 saturated carbocycles. The highest BCUT2D eigenvalue weighted by molar-refractivity contribution is 6.33. The fourth-order valence-electron chi connectivity index (χ4n) is 2.93. The van der Waals surface area contributed by atoms with Crippen LogP contribution in [0, 0.1) is 0 Å². The van der Waals surface area contributed by atoms with Crippen molar-refractivity contribution in [1.82, 2.24) is 4.90 Å². The van der Waals surface area contributed by atoms with Crippen molar-refractivity contribution in [2.75, 3.05) is 13.1 Å². The van der Waals surface area contributed by atoms with E-state index in [1.54, 1.807) is 0 Å². The van der Waals surface area contributed by atoms with Crippen molar-refractivity contribution in [1.29, 1.82) is 0 Å². The first-order valence-electron chi connectivity index (χ1n) is 8.10. The van der Waals surface area contributed by atoms with Crippen molar-refractivity contribution >= 4 is 17.5 Å². The van der Waals surface area contributed by atoms with E-state index in [1.165, 1.54) is 6.08 Å². The van der Waals surface area contributed by atoms with Crippen molar-refractivity contribution in [3.8, 4) is 16.9 Å². The van der Waals surface area contributed by atoms with Gasteiger partial charge in [0, 0.05) is 36.5 Å². The van der Waals surface area contributed by atoms with Crippen molar-refractivity contribution in [3.63, 3.8) is 0 Å². The van der Waals surface area contributed by atoms with Gasteiger partial charge < -0.3 is 9.64 Å². The Bertz CT molecular complexity index is 722. The molecule has 0 atom stereocenters. The van der Waals surface area contributed by atoms with E-state index in [2.05, 4.69) is 6.58 Å². The first-order valence-corrected chi connectivity index (χ1v) is 8.48. The van der Waals surface area contributed by atoms with Gasteiger partial charge in [0.15, 0.2) is 0 Å². The Morgan fingerprint density at radius 1 is 1.17 bits per heavy atom. The fraction of sp³-hybridized carbons (Fsp3) is 0.250. The molecule has 0 spiro atoms. The summed E-state index contributed by atoms with van der Waals surface area (Å²) in [6.45, 7) is 4.94. The van der Waals surface area contributed by atoms with E-state index in [0.29, 0.717) is 18.1 Å². The molecule has 0 bridgehead atoms. The number of rotatable bonds is 4. The number of carbonyl (C=O) groups excluding carboxylic acids is 1. The summed E-state index contributed by atoms with van der Waals surface area (Å²) >= 11 is 6.33. The maximum absolute atomic E-state index is 11.6. The number of hydrogen-bond acceptors (Lipinski definition) is 2. The third-order valence-electron chi connectivity index (χ3n) is 4.25. The van der Waals surface area contributed by atoms with Gasteiger partial charge in [-0.05, 0) is 29.8 Å². The van der Waals surface area contributed by atoms with Crippen molar-refractivity contribution in [2.45, 2.75) is 18.9 Å². The zero-order chi connectivity index (χ0) is 16.9. The maximum Gasteiger partial charge on any atom is 0.245 e. The van der Waals surface area contributed by atoms with Gasteiger partial charge in [-0.1, -0.05) is 48.5 Å². The smallest absolute Gasteiger partial charge is 0.245 e. The van der Waals surface area contributed by atoms with Crippen LogP contribution in [-0.4, -0.2) is 30.0 Å². The van der Waals surface area contributed by atoms with E-state index < -0.39 is 0 Å². The van der Waals surface area contributed by atoms with E-state index in [9.17, 15) is 4.79 Å². The minimum absolute atomic E-state index is 0.00805. The number of ether oxygens (including phenoxy) is 1. The number of halogens is 1. The Balaban J connectivity index is 1.69. The van der Waals surface area contributed by atoms with Gasteiger partial charge in [0.2, 0.25) is 5.91 Å². The highest BCUT2D eigenvalue weighted by atomic mass is 35.5. The monoisotopic (exact) mass is 341 g/mol. The van der Waals surface area contributed by atoms with E-state index in [-0.39, 0.29) is 12.0 Å². The van der Waals surface area contributed by atoms with Crippen molar-refractivity contribution < 1.29 is 9.53 Å². The molecule has 2 aromatic carbocycles. The summed E-state index contributed by atoms with van der Waals surface area (Å²) < 4.78 is 6.11. The van der Waals surface area contributed by atoms with Gasteiger partial charge in [-0.25, -0.2) is 0 Å². The lowest BCUT2D eigenvalue weighted by molar-refractivity contribution is -0.127. The van der Waals surface area contributed by atoms with Crippen LogP contribution in [-0.2, 0) is 4.79 Å². The predicted octanol–water partition coefficient (Wildman–Crippen LogP) is 4.56. The van der Waals surface area contributed by atoms with Gasteiger partial charge in [-0.15, -0.1) is 0 Å². The number of carbonyl (C=O) groups is 1. The largest absolute Gasteiger partial charge is 0.490 e. The third-order valence-corrected chi connectivity index (χ3v) is 4.58. The lowest BCUT2D eigenvalue weighted by Crippen LogP contribution is -2.41. The average molecular weight is 342 g/mol. The first kappa shape index (κ1) is 16.6. The molecule has 24 heavy (non-hydrogen) atoms. The molecule has 3 rings (SSSR count). The molecule has 4 heteroatoms. The lowest BCUT2D eigenvalue weighted by atomic mass is 10.0. The van der Waals surface area contributed by atoms with Gasteiger partial charge in [-0.2, -0.15) is 0 Å². The third kappa shape index (κ3) is 3.80. The normalized spacial score (nSPS) is 15.1. The lowest BCUT2D eigenvalue weighted by Gasteiger charge is -2.31. The summed E-state index contributed by atoms with van der Waals surface area (Å²) in [5, 5.41) is 0.708. The standard InChI is InChI=1S/C20H20ClNO2/c1-2-20(23)22-12-10-16(11-13-22)24-17-8-9-19(21)18(14-17)15-6-4-3-5-7-15/h2-9,14,16H,1,10-13H2. The quantitative estimate of drug-likeness (QED) is 0.763. The molecule has 0 unspecified atom stereocenters. The van der Waals surface area contributed by atoms with Gasteiger partial charge in [0.1, 0.15) is 11.9 Å². The molecule has 124 valence electrons. The summed E-state index contributed by atoms with van der Waals surface area (Å²) in [6.07, 6.45) is 3.13. The molecule has 1 aliphatic rings. The van der Waals surface area contributed by atoms with Gasteiger partial charge in [0.25, 0.3) is 0 Å². The zero-order valence-electron chi connectivity index (χ0n) is 13.5. The molecule has 0 N–H and O–H groups in total. The molecular weight excluding hydrogens is 322 g/mol. The van der Waals surface area contributed by atoms with Gasteiger partial charge in [0.05, 0.1) is 0 Å². The molecule has 1 heterocycles. The first-order chi connectivity index (χ1) is 11.7. The van der Waals surface area contributed by atoms with E-state index in [0.717, 1.165) is 29.7 Å². The SMILES string of the molecule is C=CC(=O)N1CCC(Oc2ccc(Cl)c(-c3ccccc3)c2)CC1. The summed E-state index contributed by atoms with van der Waals surface area (Å²) in [4.78, 5) is 13.4. The Morgan fingerprint density at radius 3 is 2.54 bits per heavy atom. The van der Waals surface area contributed by atoms with Crippen LogP contribution in [0.2, 0.25) is 5.02 Å². The minimum atomic E-state index is -0.00805. The fourth-order valence-corrected chi connectivity index (χ4v) is 3.16. The van der Waals surface area contributed by atoms with Crippen LogP contribution in [0.25, 0.3) is 11.1 Å². The molecule has 2 aromatic rings. The molecule has 3 nitrogen and oxygen atoms in total. The molecule has 1 saturated heterocycles. The second kappa shape index (κ2) is 7.54. The van der Waals surface area contributed by atoms with Gasteiger partial charge >= 0.3 is 0 Å². The van der Waals surface area contributed by atoms with Crippen LogP contribution in [0.4, 0.5) is 0 Å². The highest BCUT2D eigenvalue weighted by Crippen LogP contribution is 2.32. The van der Waals surface area contributed by atoms with Crippen molar-refractivity contribution in [2.24, 2.45) is 0 Å². The highest BCUT2D eigenvalue weighted by Gasteiger charge is 2.22. The second-order valence-electron chi connectivity index (χ2n) is 5.85. The summed E-state index contributed by atoms with van der Waals surface area (Å²) in [5.41, 5.74) is 2.04. The van der Waals surface area contributed by atoms with E-state index in [4.69, 9.17) is 16.3 Å². The van der Waals surface area contributed by atoms with E-state index >= 15 is 0 Å². The summed E-state index contributed by atoms with van der Waals surface area (Å²) in [5.74, 6) is 0.804. The molecule has 0 radical (unpaired) electrons.